The Morgan fingerprint density at radius 1 is 1.24 bits per heavy atom. The number of nitrogens with one attached hydrogen (secondary N) is 2. The summed E-state index contributed by atoms with van der Waals surface area (Å²) in [6.07, 6.45) is 4.19. The second-order valence-electron chi connectivity index (χ2n) is 7.82. The molecule has 2 N–H and O–H groups in total. The van der Waals surface area contributed by atoms with E-state index in [4.69, 9.17) is 14.5 Å². The predicted molar refractivity (Wildman–Crippen MR) is 114 cm³/mol. The Hall–Kier alpha value is -2.28. The van der Waals surface area contributed by atoms with Gasteiger partial charge in [-0.2, -0.15) is 0 Å². The number of aliphatic imine (C=N–C) groups is 1. The zero-order valence-corrected chi connectivity index (χ0v) is 17.7. The van der Waals surface area contributed by atoms with Crippen LogP contribution in [0.2, 0.25) is 0 Å². The lowest BCUT2D eigenvalue weighted by atomic mass is 10.1. The number of carbonyl (C=O) groups excluding carboxylic acids is 1. The van der Waals surface area contributed by atoms with Gasteiger partial charge in [0.15, 0.2) is 12.6 Å². The Morgan fingerprint density at radius 3 is 2.72 bits per heavy atom. The molecule has 0 radical (unpaired) electrons. The molecular weight excluding hydrogens is 368 g/mol. The molecule has 2 aliphatic rings. The molecule has 1 heterocycles. The maximum Gasteiger partial charge on any atom is 0.258 e. The molecule has 0 spiro atoms. The molecule has 1 saturated carbocycles. The van der Waals surface area contributed by atoms with Gasteiger partial charge in [0.1, 0.15) is 5.75 Å². The van der Waals surface area contributed by atoms with Crippen LogP contribution in [-0.2, 0) is 16.0 Å². The highest BCUT2D eigenvalue weighted by Crippen LogP contribution is 2.19. The van der Waals surface area contributed by atoms with Gasteiger partial charge in [0, 0.05) is 45.2 Å². The van der Waals surface area contributed by atoms with E-state index in [1.165, 1.54) is 5.56 Å². The van der Waals surface area contributed by atoms with E-state index in [-0.39, 0.29) is 12.5 Å². The van der Waals surface area contributed by atoms with E-state index in [0.29, 0.717) is 12.0 Å². The smallest absolute Gasteiger partial charge is 0.258 e. The number of likely N-dealkylation sites (tertiary alicyclic amines) is 1. The largest absolute Gasteiger partial charge is 0.484 e. The number of nitrogens with zero attached hydrogens (tertiary/aromatic N) is 2. The summed E-state index contributed by atoms with van der Waals surface area (Å²) >= 11 is 0. The molecule has 1 saturated heterocycles. The van der Waals surface area contributed by atoms with Crippen molar-refractivity contribution in [3.63, 3.8) is 0 Å². The van der Waals surface area contributed by atoms with Crippen LogP contribution in [0.3, 0.4) is 0 Å². The maximum absolute atomic E-state index is 11.7. The molecule has 1 amide bonds. The van der Waals surface area contributed by atoms with Gasteiger partial charge in [-0.25, -0.2) is 0 Å². The van der Waals surface area contributed by atoms with Crippen molar-refractivity contribution in [3.05, 3.63) is 29.8 Å². The van der Waals surface area contributed by atoms with Crippen LogP contribution in [0, 0.1) is 5.92 Å². The van der Waals surface area contributed by atoms with Gasteiger partial charge in [-0.3, -0.25) is 9.79 Å². The Bertz CT molecular complexity index is 673. The number of carbonyl (C=O) groups is 1. The molecular formula is C22H34N4O3. The van der Waals surface area contributed by atoms with E-state index >= 15 is 0 Å². The average molecular weight is 403 g/mol. The molecule has 7 nitrogen and oxygen atoms in total. The Labute approximate surface area is 173 Å². The lowest BCUT2D eigenvalue weighted by Gasteiger charge is -2.21. The number of guanidine groups is 1. The lowest BCUT2D eigenvalue weighted by Crippen LogP contribution is -2.40. The highest BCUT2D eigenvalue weighted by molar-refractivity contribution is 5.80. The molecule has 1 aromatic carbocycles. The number of hydrogen-bond donors (Lipinski definition) is 2. The lowest BCUT2D eigenvalue weighted by molar-refractivity contribution is -0.123. The van der Waals surface area contributed by atoms with Crippen molar-refractivity contribution in [3.8, 4) is 5.75 Å². The number of hydrogen-bond acceptors (Lipinski definition) is 4. The minimum Gasteiger partial charge on any atom is -0.484 e. The molecule has 0 aromatic heterocycles. The number of amides is 1. The van der Waals surface area contributed by atoms with Crippen LogP contribution >= 0.6 is 0 Å². The number of ether oxygens (including phenoxy) is 2. The molecule has 7 heteroatoms. The van der Waals surface area contributed by atoms with E-state index in [0.717, 1.165) is 70.2 Å². The van der Waals surface area contributed by atoms with Crippen molar-refractivity contribution in [2.75, 3.05) is 46.5 Å². The third-order valence-electron chi connectivity index (χ3n) is 5.22. The average Bonchev–Trinajstić information content (AvgIpc) is 3.41. The van der Waals surface area contributed by atoms with Crippen LogP contribution in [0.5, 0.6) is 5.75 Å². The molecule has 1 aliphatic heterocycles. The summed E-state index contributed by atoms with van der Waals surface area (Å²) < 4.78 is 10.8. The molecule has 1 atom stereocenters. The monoisotopic (exact) mass is 402 g/mol. The maximum atomic E-state index is 11.7. The van der Waals surface area contributed by atoms with Crippen LogP contribution in [0.25, 0.3) is 0 Å². The summed E-state index contributed by atoms with van der Waals surface area (Å²) in [5.74, 6) is 2.25. The van der Waals surface area contributed by atoms with Crippen LogP contribution < -0.4 is 15.4 Å². The van der Waals surface area contributed by atoms with Crippen LogP contribution in [0.4, 0.5) is 0 Å². The fourth-order valence-electron chi connectivity index (χ4n) is 3.51. The molecule has 1 unspecified atom stereocenters. The van der Waals surface area contributed by atoms with Gasteiger partial charge < -0.3 is 25.0 Å². The van der Waals surface area contributed by atoms with Gasteiger partial charge in [0.05, 0.1) is 6.61 Å². The topological polar surface area (TPSA) is 75.2 Å². The molecule has 0 bridgehead atoms. The van der Waals surface area contributed by atoms with Gasteiger partial charge in [-0.15, -0.1) is 0 Å². The minimum atomic E-state index is -0.0449. The van der Waals surface area contributed by atoms with E-state index in [9.17, 15) is 4.79 Å². The van der Waals surface area contributed by atoms with Gasteiger partial charge in [0.2, 0.25) is 0 Å². The number of rotatable bonds is 10. The third-order valence-corrected chi connectivity index (χ3v) is 5.22. The Kier molecular flexibility index (Phi) is 8.16. The highest BCUT2D eigenvalue weighted by Gasteiger charge is 2.24. The van der Waals surface area contributed by atoms with Gasteiger partial charge >= 0.3 is 0 Å². The number of methoxy groups -OCH3 is 1. The van der Waals surface area contributed by atoms with Gasteiger partial charge in [0.25, 0.3) is 5.91 Å². The number of benzene rings is 1. The first-order valence-corrected chi connectivity index (χ1v) is 10.7. The van der Waals surface area contributed by atoms with Gasteiger partial charge in [-0.1, -0.05) is 12.1 Å². The van der Waals surface area contributed by atoms with E-state index in [1.54, 1.807) is 7.11 Å². The van der Waals surface area contributed by atoms with Crippen molar-refractivity contribution in [2.24, 2.45) is 10.9 Å². The first-order chi connectivity index (χ1) is 14.2. The van der Waals surface area contributed by atoms with Crippen LogP contribution in [0.15, 0.2) is 29.3 Å². The standard InChI is InChI=1S/C22H34N4O3/c1-3-23-22(26-13-11-18(14-26)15-28-2)24-12-10-17-4-8-20(9-5-17)29-16-21(27)25-19-6-7-19/h4-5,8-9,18-19H,3,6-7,10-16H2,1-2H3,(H,23,24)(H,25,27). The normalized spacial score (nSPS) is 19.3. The van der Waals surface area contributed by atoms with Crippen molar-refractivity contribution in [2.45, 2.75) is 38.6 Å². The highest BCUT2D eigenvalue weighted by atomic mass is 16.5. The molecule has 29 heavy (non-hydrogen) atoms. The van der Waals surface area contributed by atoms with Crippen molar-refractivity contribution < 1.29 is 14.3 Å². The van der Waals surface area contributed by atoms with Crippen molar-refractivity contribution in [1.29, 1.82) is 0 Å². The molecule has 2 fully saturated rings. The zero-order valence-electron chi connectivity index (χ0n) is 17.7. The summed E-state index contributed by atoms with van der Waals surface area (Å²) in [7, 11) is 1.77. The Morgan fingerprint density at radius 2 is 2.03 bits per heavy atom. The minimum absolute atomic E-state index is 0.0449. The summed E-state index contributed by atoms with van der Waals surface area (Å²) in [6, 6.07) is 8.30. The van der Waals surface area contributed by atoms with E-state index in [2.05, 4.69) is 22.5 Å². The van der Waals surface area contributed by atoms with Crippen molar-refractivity contribution >= 4 is 11.9 Å². The summed E-state index contributed by atoms with van der Waals surface area (Å²) in [5, 5.41) is 6.33. The van der Waals surface area contributed by atoms with Crippen LogP contribution in [-0.4, -0.2) is 69.3 Å². The first kappa shape index (κ1) is 21.4. The Balaban J connectivity index is 1.43. The fraction of sp³-hybridized carbons (Fsp3) is 0.636. The molecule has 1 aliphatic carbocycles. The van der Waals surface area contributed by atoms with Crippen LogP contribution in [0.1, 0.15) is 31.7 Å². The summed E-state index contributed by atoms with van der Waals surface area (Å²) in [4.78, 5) is 18.8. The molecule has 160 valence electrons. The quantitative estimate of drug-likeness (QED) is 0.461. The fourth-order valence-corrected chi connectivity index (χ4v) is 3.51. The summed E-state index contributed by atoms with van der Waals surface area (Å²) in [5.41, 5.74) is 1.21. The third kappa shape index (κ3) is 7.24. The molecule has 3 rings (SSSR count). The second-order valence-corrected chi connectivity index (χ2v) is 7.82. The molecule has 1 aromatic rings. The van der Waals surface area contributed by atoms with Crippen molar-refractivity contribution in [1.82, 2.24) is 15.5 Å². The SMILES string of the molecule is CCNC(=NCCc1ccc(OCC(=O)NC2CC2)cc1)N1CCC(COC)C1. The first-order valence-electron chi connectivity index (χ1n) is 10.7. The van der Waals surface area contributed by atoms with Gasteiger partial charge in [-0.05, 0) is 50.3 Å². The predicted octanol–water partition coefficient (Wildman–Crippen LogP) is 1.82. The summed E-state index contributed by atoms with van der Waals surface area (Å²) in [6.45, 7) is 6.61. The van der Waals surface area contributed by atoms with E-state index in [1.807, 2.05) is 24.3 Å². The second kappa shape index (κ2) is 11.0. The van der Waals surface area contributed by atoms with E-state index < -0.39 is 0 Å². The zero-order chi connectivity index (χ0) is 20.5.